The number of carboxylic acids is 1. The minimum Gasteiger partial charge on any atom is -0.481 e. The molecule has 0 aromatic rings. The first-order valence-electron chi connectivity index (χ1n) is 8.03. The second-order valence-corrected chi connectivity index (χ2v) is 6.02. The van der Waals surface area contributed by atoms with E-state index in [1.165, 1.54) is 6.42 Å². The van der Waals surface area contributed by atoms with Crippen molar-refractivity contribution in [2.45, 2.75) is 71.8 Å². The molecule has 0 aromatic carbocycles. The van der Waals surface area contributed by atoms with Crippen LogP contribution in [0.5, 0.6) is 0 Å². The van der Waals surface area contributed by atoms with Crippen molar-refractivity contribution in [2.75, 3.05) is 6.54 Å². The van der Waals surface area contributed by atoms with E-state index in [4.69, 9.17) is 5.11 Å². The highest BCUT2D eigenvalue weighted by atomic mass is 16.4. The van der Waals surface area contributed by atoms with Crippen LogP contribution in [0.3, 0.4) is 0 Å². The lowest BCUT2D eigenvalue weighted by Gasteiger charge is -2.40. The molecule has 2 unspecified atom stereocenters. The van der Waals surface area contributed by atoms with E-state index >= 15 is 0 Å². The van der Waals surface area contributed by atoms with Crippen molar-refractivity contribution < 1.29 is 14.7 Å². The van der Waals surface area contributed by atoms with E-state index in [0.717, 1.165) is 32.1 Å². The Morgan fingerprint density at radius 2 is 1.80 bits per heavy atom. The lowest BCUT2D eigenvalue weighted by Crippen LogP contribution is -2.48. The molecule has 1 fully saturated rings. The number of carbonyl (C=O) groups is 2. The van der Waals surface area contributed by atoms with E-state index in [2.05, 4.69) is 6.92 Å². The molecule has 1 saturated carbocycles. The lowest BCUT2D eigenvalue weighted by molar-refractivity contribution is -0.142. The summed E-state index contributed by atoms with van der Waals surface area (Å²) in [5.74, 6) is -0.139. The lowest BCUT2D eigenvalue weighted by atomic mass is 9.84. The maximum Gasteiger partial charge on any atom is 0.305 e. The molecular formula is C16H29NO3. The smallest absolute Gasteiger partial charge is 0.305 e. The summed E-state index contributed by atoms with van der Waals surface area (Å²) in [6.07, 6.45) is 6.25. The van der Waals surface area contributed by atoms with Gasteiger partial charge in [0, 0.05) is 18.5 Å². The van der Waals surface area contributed by atoms with E-state index in [-0.39, 0.29) is 24.3 Å². The van der Waals surface area contributed by atoms with Crippen LogP contribution in [0.4, 0.5) is 0 Å². The first-order chi connectivity index (χ1) is 9.51. The largest absolute Gasteiger partial charge is 0.481 e. The van der Waals surface area contributed by atoms with Crippen LogP contribution in [0.15, 0.2) is 0 Å². The van der Waals surface area contributed by atoms with Crippen molar-refractivity contribution in [3.8, 4) is 0 Å². The molecule has 2 atom stereocenters. The van der Waals surface area contributed by atoms with Gasteiger partial charge in [-0.15, -0.1) is 0 Å². The Balaban J connectivity index is 2.82. The van der Waals surface area contributed by atoms with Gasteiger partial charge in [-0.05, 0) is 31.6 Å². The van der Waals surface area contributed by atoms with Gasteiger partial charge in [0.25, 0.3) is 0 Å². The summed E-state index contributed by atoms with van der Waals surface area (Å²) >= 11 is 0. The number of nitrogens with zero attached hydrogens (tertiary/aromatic N) is 1. The predicted octanol–water partition coefficient (Wildman–Crippen LogP) is 3.30. The van der Waals surface area contributed by atoms with Crippen LogP contribution >= 0.6 is 0 Å². The van der Waals surface area contributed by atoms with Crippen LogP contribution in [0.25, 0.3) is 0 Å². The molecule has 0 bridgehead atoms. The Bertz CT molecular complexity index is 326. The summed E-state index contributed by atoms with van der Waals surface area (Å²) in [6.45, 7) is 6.62. The van der Waals surface area contributed by atoms with Crippen molar-refractivity contribution >= 4 is 11.9 Å². The third-order valence-corrected chi connectivity index (χ3v) is 4.65. The second-order valence-electron chi connectivity index (χ2n) is 6.02. The van der Waals surface area contributed by atoms with Crippen LogP contribution in [0, 0.1) is 11.8 Å². The van der Waals surface area contributed by atoms with Crippen LogP contribution in [-0.4, -0.2) is 34.5 Å². The summed E-state index contributed by atoms with van der Waals surface area (Å²) in [7, 11) is 0. The molecule has 1 aliphatic carbocycles. The van der Waals surface area contributed by atoms with E-state index in [9.17, 15) is 9.59 Å². The summed E-state index contributed by atoms with van der Waals surface area (Å²) in [6, 6.07) is 0.233. The second kappa shape index (κ2) is 8.28. The SMILES string of the molecule is CCC(CC)C(=O)N(CCC(=O)O)C1CCCCC1C. The quantitative estimate of drug-likeness (QED) is 0.780. The standard InChI is InChI=1S/C16H29NO3/c1-4-13(5-2)16(20)17(11-10-15(18)19)14-9-7-6-8-12(14)3/h12-14H,4-11H2,1-3H3,(H,18,19). The summed E-state index contributed by atoms with van der Waals surface area (Å²) < 4.78 is 0. The molecule has 4 heteroatoms. The Labute approximate surface area is 122 Å². The Hall–Kier alpha value is -1.06. The molecule has 0 saturated heterocycles. The Kier molecular flexibility index (Phi) is 7.03. The van der Waals surface area contributed by atoms with Gasteiger partial charge >= 0.3 is 5.97 Å². The van der Waals surface area contributed by atoms with Gasteiger partial charge < -0.3 is 10.0 Å². The molecule has 0 aromatic heterocycles. The minimum absolute atomic E-state index is 0.0397. The average molecular weight is 283 g/mol. The molecule has 0 aliphatic heterocycles. The molecule has 1 aliphatic rings. The molecule has 116 valence electrons. The highest BCUT2D eigenvalue weighted by Gasteiger charge is 2.32. The molecule has 0 heterocycles. The van der Waals surface area contributed by atoms with E-state index < -0.39 is 5.97 Å². The zero-order valence-corrected chi connectivity index (χ0v) is 13.1. The summed E-state index contributed by atoms with van der Waals surface area (Å²) in [5.41, 5.74) is 0. The molecule has 0 radical (unpaired) electrons. The molecule has 0 spiro atoms. The van der Waals surface area contributed by atoms with Gasteiger partial charge in [-0.2, -0.15) is 0 Å². The molecule has 1 N–H and O–H groups in total. The fourth-order valence-electron chi connectivity index (χ4n) is 3.29. The zero-order valence-electron chi connectivity index (χ0n) is 13.1. The summed E-state index contributed by atoms with van der Waals surface area (Å²) in [4.78, 5) is 25.4. The van der Waals surface area contributed by atoms with Gasteiger partial charge in [0.15, 0.2) is 0 Å². The maximum atomic E-state index is 12.7. The molecular weight excluding hydrogens is 254 g/mol. The number of aliphatic carboxylic acids is 1. The number of amides is 1. The molecule has 20 heavy (non-hydrogen) atoms. The number of hydrogen-bond donors (Lipinski definition) is 1. The minimum atomic E-state index is -0.823. The van der Waals surface area contributed by atoms with Gasteiger partial charge in [0.2, 0.25) is 5.91 Å². The van der Waals surface area contributed by atoms with Crippen molar-refractivity contribution in [3.63, 3.8) is 0 Å². The van der Waals surface area contributed by atoms with Crippen molar-refractivity contribution in [3.05, 3.63) is 0 Å². The predicted molar refractivity (Wildman–Crippen MR) is 79.5 cm³/mol. The molecule has 1 rings (SSSR count). The topological polar surface area (TPSA) is 57.6 Å². The average Bonchev–Trinajstić information content (AvgIpc) is 2.42. The van der Waals surface area contributed by atoms with E-state index in [1.54, 1.807) is 0 Å². The number of rotatable bonds is 7. The van der Waals surface area contributed by atoms with Crippen LogP contribution in [0.1, 0.15) is 65.7 Å². The first-order valence-corrected chi connectivity index (χ1v) is 8.03. The van der Waals surface area contributed by atoms with Gasteiger partial charge in [-0.25, -0.2) is 0 Å². The molecule has 4 nitrogen and oxygen atoms in total. The number of hydrogen-bond acceptors (Lipinski definition) is 2. The van der Waals surface area contributed by atoms with Crippen molar-refractivity contribution in [1.29, 1.82) is 0 Å². The first kappa shape index (κ1) is 17.0. The van der Waals surface area contributed by atoms with Crippen molar-refractivity contribution in [2.24, 2.45) is 11.8 Å². The Morgan fingerprint density at radius 1 is 1.20 bits per heavy atom. The van der Waals surface area contributed by atoms with E-state index in [1.807, 2.05) is 18.7 Å². The summed E-state index contributed by atoms with van der Waals surface area (Å²) in [5, 5.41) is 8.92. The van der Waals surface area contributed by atoms with E-state index in [0.29, 0.717) is 12.5 Å². The third-order valence-electron chi connectivity index (χ3n) is 4.65. The molecule has 1 amide bonds. The highest BCUT2D eigenvalue weighted by molar-refractivity contribution is 5.79. The van der Waals surface area contributed by atoms with Crippen LogP contribution in [0.2, 0.25) is 0 Å². The van der Waals surface area contributed by atoms with Crippen molar-refractivity contribution in [1.82, 2.24) is 4.90 Å². The van der Waals surface area contributed by atoms with Gasteiger partial charge in [-0.1, -0.05) is 33.6 Å². The van der Waals surface area contributed by atoms with Gasteiger partial charge in [0.1, 0.15) is 0 Å². The fourth-order valence-corrected chi connectivity index (χ4v) is 3.29. The van der Waals surface area contributed by atoms with Crippen LogP contribution < -0.4 is 0 Å². The normalized spacial score (nSPS) is 22.8. The number of carboxylic acid groups (broad SMARTS) is 1. The van der Waals surface area contributed by atoms with Crippen LogP contribution in [-0.2, 0) is 9.59 Å². The maximum absolute atomic E-state index is 12.7. The van der Waals surface area contributed by atoms with Gasteiger partial charge in [0.05, 0.1) is 6.42 Å². The third kappa shape index (κ3) is 4.50. The number of carbonyl (C=O) groups excluding carboxylic acids is 1. The highest BCUT2D eigenvalue weighted by Crippen LogP contribution is 2.30. The zero-order chi connectivity index (χ0) is 15.1. The van der Waals surface area contributed by atoms with Gasteiger partial charge in [-0.3, -0.25) is 9.59 Å². The fraction of sp³-hybridized carbons (Fsp3) is 0.875. The Morgan fingerprint density at radius 3 is 2.30 bits per heavy atom. The monoisotopic (exact) mass is 283 g/mol.